The molecule has 0 bridgehead atoms. The summed E-state index contributed by atoms with van der Waals surface area (Å²) in [5, 5.41) is 0. The molecule has 0 aliphatic carbocycles. The molecule has 0 saturated carbocycles. The molecule has 1 atom stereocenters. The second-order valence-corrected chi connectivity index (χ2v) is 4.25. The Morgan fingerprint density at radius 1 is 0.941 bits per heavy atom. The number of aryl methyl sites for hydroxylation is 2. The van der Waals surface area contributed by atoms with Crippen LogP contribution in [0.15, 0.2) is 48.5 Å². The standard InChI is InChI=1S/C15H17N.ClH/c1-11-8-9-12(2)14(10-11)15(16)13-6-4-3-5-7-13;/h3-10,15H,16H2,1-2H3;1H. The molecule has 0 aliphatic rings. The first-order chi connectivity index (χ1) is 7.68. The van der Waals surface area contributed by atoms with Crippen LogP contribution in [-0.4, -0.2) is 0 Å². The molecule has 0 saturated heterocycles. The minimum Gasteiger partial charge on any atom is -0.320 e. The van der Waals surface area contributed by atoms with Crippen molar-refractivity contribution in [2.24, 2.45) is 5.73 Å². The van der Waals surface area contributed by atoms with E-state index < -0.39 is 0 Å². The van der Waals surface area contributed by atoms with Gasteiger partial charge in [0, 0.05) is 0 Å². The molecule has 0 spiro atoms. The molecule has 1 nitrogen and oxygen atoms in total. The summed E-state index contributed by atoms with van der Waals surface area (Å²) >= 11 is 0. The van der Waals surface area contributed by atoms with Crippen molar-refractivity contribution in [1.82, 2.24) is 0 Å². The summed E-state index contributed by atoms with van der Waals surface area (Å²) in [4.78, 5) is 0. The Labute approximate surface area is 109 Å². The third-order valence-corrected chi connectivity index (χ3v) is 2.93. The van der Waals surface area contributed by atoms with Crippen LogP contribution in [0.2, 0.25) is 0 Å². The molecule has 0 aliphatic heterocycles. The highest BCUT2D eigenvalue weighted by molar-refractivity contribution is 5.85. The number of rotatable bonds is 2. The summed E-state index contributed by atoms with van der Waals surface area (Å²) < 4.78 is 0. The van der Waals surface area contributed by atoms with E-state index in [2.05, 4.69) is 44.2 Å². The molecule has 2 N–H and O–H groups in total. The Hall–Kier alpha value is -1.31. The van der Waals surface area contributed by atoms with E-state index in [9.17, 15) is 0 Å². The van der Waals surface area contributed by atoms with Gasteiger partial charge in [0.2, 0.25) is 0 Å². The van der Waals surface area contributed by atoms with Crippen LogP contribution in [0.25, 0.3) is 0 Å². The molecule has 2 aromatic rings. The minimum absolute atomic E-state index is 0. The Bertz CT molecular complexity index is 480. The molecule has 0 aromatic heterocycles. The fourth-order valence-electron chi connectivity index (χ4n) is 1.93. The third-order valence-electron chi connectivity index (χ3n) is 2.93. The second kappa shape index (κ2) is 5.85. The van der Waals surface area contributed by atoms with Crippen LogP contribution < -0.4 is 5.73 Å². The van der Waals surface area contributed by atoms with Gasteiger partial charge in [-0.05, 0) is 30.5 Å². The van der Waals surface area contributed by atoms with E-state index in [-0.39, 0.29) is 18.4 Å². The number of hydrogen-bond donors (Lipinski definition) is 1. The van der Waals surface area contributed by atoms with Crippen molar-refractivity contribution in [2.75, 3.05) is 0 Å². The molecule has 2 heteroatoms. The van der Waals surface area contributed by atoms with Gasteiger partial charge in [0.25, 0.3) is 0 Å². The van der Waals surface area contributed by atoms with Gasteiger partial charge in [-0.15, -0.1) is 12.4 Å². The van der Waals surface area contributed by atoms with Crippen LogP contribution >= 0.6 is 12.4 Å². The predicted octanol–water partition coefficient (Wildman–Crippen LogP) is 3.77. The van der Waals surface area contributed by atoms with E-state index in [0.29, 0.717) is 0 Å². The van der Waals surface area contributed by atoms with Gasteiger partial charge in [-0.3, -0.25) is 0 Å². The number of benzene rings is 2. The molecule has 90 valence electrons. The summed E-state index contributed by atoms with van der Waals surface area (Å²) in [5.74, 6) is 0. The summed E-state index contributed by atoms with van der Waals surface area (Å²) in [5.41, 5.74) is 11.2. The van der Waals surface area contributed by atoms with Gasteiger partial charge in [-0.2, -0.15) is 0 Å². The number of halogens is 1. The van der Waals surface area contributed by atoms with Gasteiger partial charge >= 0.3 is 0 Å². The lowest BCUT2D eigenvalue weighted by Gasteiger charge is -2.15. The van der Waals surface area contributed by atoms with Crippen molar-refractivity contribution < 1.29 is 0 Å². The third kappa shape index (κ3) is 3.09. The Balaban J connectivity index is 0.00000144. The summed E-state index contributed by atoms with van der Waals surface area (Å²) in [6, 6.07) is 16.6. The maximum absolute atomic E-state index is 6.29. The average Bonchev–Trinajstić information content (AvgIpc) is 2.32. The molecule has 17 heavy (non-hydrogen) atoms. The van der Waals surface area contributed by atoms with Crippen molar-refractivity contribution in [1.29, 1.82) is 0 Å². The topological polar surface area (TPSA) is 26.0 Å². The second-order valence-electron chi connectivity index (χ2n) is 4.25. The van der Waals surface area contributed by atoms with Crippen LogP contribution in [0.5, 0.6) is 0 Å². The van der Waals surface area contributed by atoms with Crippen LogP contribution in [0.3, 0.4) is 0 Å². The Morgan fingerprint density at radius 3 is 2.24 bits per heavy atom. The van der Waals surface area contributed by atoms with Crippen LogP contribution in [-0.2, 0) is 0 Å². The van der Waals surface area contributed by atoms with E-state index >= 15 is 0 Å². The molecule has 0 amide bonds. The van der Waals surface area contributed by atoms with Crippen molar-refractivity contribution in [3.63, 3.8) is 0 Å². The van der Waals surface area contributed by atoms with Gasteiger partial charge < -0.3 is 5.73 Å². The number of hydrogen-bond acceptors (Lipinski definition) is 1. The normalized spacial score (nSPS) is 11.7. The number of nitrogens with two attached hydrogens (primary N) is 1. The van der Waals surface area contributed by atoms with Crippen LogP contribution in [0, 0.1) is 13.8 Å². The lowest BCUT2D eigenvalue weighted by molar-refractivity contribution is 0.860. The average molecular weight is 248 g/mol. The summed E-state index contributed by atoms with van der Waals surface area (Å²) in [6.07, 6.45) is 0. The Morgan fingerprint density at radius 2 is 1.59 bits per heavy atom. The van der Waals surface area contributed by atoms with E-state index in [1.165, 1.54) is 16.7 Å². The smallest absolute Gasteiger partial charge is 0.0554 e. The predicted molar refractivity (Wildman–Crippen MR) is 75.6 cm³/mol. The minimum atomic E-state index is -0.0268. The van der Waals surface area contributed by atoms with E-state index in [1.54, 1.807) is 0 Å². The molecular weight excluding hydrogens is 230 g/mol. The molecule has 2 aromatic carbocycles. The summed E-state index contributed by atoms with van der Waals surface area (Å²) in [7, 11) is 0. The lowest BCUT2D eigenvalue weighted by Crippen LogP contribution is -2.13. The molecule has 2 rings (SSSR count). The molecule has 1 unspecified atom stereocenters. The first-order valence-electron chi connectivity index (χ1n) is 5.56. The first kappa shape index (κ1) is 13.8. The van der Waals surface area contributed by atoms with Crippen molar-refractivity contribution in [3.05, 3.63) is 70.8 Å². The van der Waals surface area contributed by atoms with E-state index in [4.69, 9.17) is 5.73 Å². The van der Waals surface area contributed by atoms with E-state index in [1.807, 2.05) is 18.2 Å². The van der Waals surface area contributed by atoms with Gasteiger partial charge in [-0.25, -0.2) is 0 Å². The zero-order valence-electron chi connectivity index (χ0n) is 10.2. The monoisotopic (exact) mass is 247 g/mol. The largest absolute Gasteiger partial charge is 0.320 e. The fraction of sp³-hybridized carbons (Fsp3) is 0.200. The van der Waals surface area contributed by atoms with E-state index in [0.717, 1.165) is 5.56 Å². The first-order valence-corrected chi connectivity index (χ1v) is 5.56. The van der Waals surface area contributed by atoms with Crippen LogP contribution in [0.1, 0.15) is 28.3 Å². The quantitative estimate of drug-likeness (QED) is 0.859. The van der Waals surface area contributed by atoms with Gasteiger partial charge in [0.15, 0.2) is 0 Å². The zero-order valence-corrected chi connectivity index (χ0v) is 11.0. The van der Waals surface area contributed by atoms with Gasteiger partial charge in [0.05, 0.1) is 6.04 Å². The highest BCUT2D eigenvalue weighted by atomic mass is 35.5. The zero-order chi connectivity index (χ0) is 11.5. The SMILES string of the molecule is Cc1ccc(C)c(C(N)c2ccccc2)c1.Cl. The summed E-state index contributed by atoms with van der Waals surface area (Å²) in [6.45, 7) is 4.21. The fourth-order valence-corrected chi connectivity index (χ4v) is 1.93. The van der Waals surface area contributed by atoms with Crippen LogP contribution in [0.4, 0.5) is 0 Å². The van der Waals surface area contributed by atoms with Crippen molar-refractivity contribution in [2.45, 2.75) is 19.9 Å². The van der Waals surface area contributed by atoms with Crippen molar-refractivity contribution >= 4 is 12.4 Å². The van der Waals surface area contributed by atoms with Gasteiger partial charge in [0.1, 0.15) is 0 Å². The highest BCUT2D eigenvalue weighted by Crippen LogP contribution is 2.23. The van der Waals surface area contributed by atoms with Crippen molar-refractivity contribution in [3.8, 4) is 0 Å². The maximum atomic E-state index is 6.29. The molecule has 0 fully saturated rings. The molecular formula is C15H18ClN. The molecule has 0 radical (unpaired) electrons. The lowest BCUT2D eigenvalue weighted by atomic mass is 9.94. The Kier molecular flexibility index (Phi) is 4.73. The maximum Gasteiger partial charge on any atom is 0.0554 e. The molecule has 0 heterocycles. The van der Waals surface area contributed by atoms with Gasteiger partial charge in [-0.1, -0.05) is 54.1 Å². The highest BCUT2D eigenvalue weighted by Gasteiger charge is 2.10.